The van der Waals surface area contributed by atoms with Crippen molar-refractivity contribution in [1.82, 2.24) is 4.72 Å². The molecule has 5 heteroatoms. The number of benzene rings is 2. The number of hydrogen-bond acceptors (Lipinski definition) is 3. The van der Waals surface area contributed by atoms with E-state index in [-0.39, 0.29) is 6.04 Å². The van der Waals surface area contributed by atoms with E-state index < -0.39 is 10.0 Å². The molecule has 1 aliphatic rings. The number of nitrogens with one attached hydrogen (secondary N) is 1. The molecular formula is C17H22N2O2S. The molecule has 1 aliphatic carbocycles. The van der Waals surface area contributed by atoms with Gasteiger partial charge in [-0.3, -0.25) is 0 Å². The third kappa shape index (κ3) is 3.32. The number of nitrogens with two attached hydrogens (primary N) is 1. The summed E-state index contributed by atoms with van der Waals surface area (Å²) in [5.41, 5.74) is 5.97. The average Bonchev–Trinajstić information content (AvgIpc) is 2.52. The van der Waals surface area contributed by atoms with E-state index in [4.69, 9.17) is 5.73 Å². The molecule has 0 aromatic heterocycles. The smallest absolute Gasteiger partial charge is 0.241 e. The molecule has 0 aliphatic heterocycles. The second-order valence-corrected chi connectivity index (χ2v) is 7.86. The van der Waals surface area contributed by atoms with Crippen molar-refractivity contribution < 1.29 is 8.42 Å². The lowest BCUT2D eigenvalue weighted by Crippen LogP contribution is -2.35. The van der Waals surface area contributed by atoms with Crippen LogP contribution in [0.5, 0.6) is 0 Å². The third-order valence-electron chi connectivity index (χ3n) is 4.42. The predicted octanol–water partition coefficient (Wildman–Crippen LogP) is 2.64. The Morgan fingerprint density at radius 1 is 1.09 bits per heavy atom. The largest absolute Gasteiger partial charge is 0.328 e. The quantitative estimate of drug-likeness (QED) is 0.910. The van der Waals surface area contributed by atoms with E-state index in [0.717, 1.165) is 36.5 Å². The van der Waals surface area contributed by atoms with Gasteiger partial charge >= 0.3 is 0 Å². The standard InChI is InChI=1S/C17H22N2O2S/c18-15-8-3-5-13(11-15)12-19-22(20,21)17-10-4-7-14-6-1-2-9-16(14)17/h1-2,4,6-7,9-10,13,15,19H,3,5,8,11-12,18H2. The summed E-state index contributed by atoms with van der Waals surface area (Å²) < 4.78 is 28.0. The molecule has 118 valence electrons. The van der Waals surface area contributed by atoms with Crippen molar-refractivity contribution in [2.45, 2.75) is 36.6 Å². The van der Waals surface area contributed by atoms with Crippen molar-refractivity contribution in [2.24, 2.45) is 11.7 Å². The number of sulfonamides is 1. The normalized spacial score (nSPS) is 22.8. The Hall–Kier alpha value is -1.43. The van der Waals surface area contributed by atoms with E-state index in [1.807, 2.05) is 30.3 Å². The van der Waals surface area contributed by atoms with Crippen LogP contribution in [-0.4, -0.2) is 21.0 Å². The van der Waals surface area contributed by atoms with E-state index in [0.29, 0.717) is 17.4 Å². The Balaban J connectivity index is 1.80. The highest BCUT2D eigenvalue weighted by molar-refractivity contribution is 7.89. The number of rotatable bonds is 4. The van der Waals surface area contributed by atoms with Gasteiger partial charge in [0.25, 0.3) is 0 Å². The highest BCUT2D eigenvalue weighted by atomic mass is 32.2. The first-order chi connectivity index (χ1) is 10.6. The summed E-state index contributed by atoms with van der Waals surface area (Å²) in [6.45, 7) is 0.471. The third-order valence-corrected chi connectivity index (χ3v) is 5.91. The van der Waals surface area contributed by atoms with Gasteiger partial charge in [-0.25, -0.2) is 13.1 Å². The fourth-order valence-corrected chi connectivity index (χ4v) is 4.60. The Kier molecular flexibility index (Phi) is 4.47. The summed E-state index contributed by atoms with van der Waals surface area (Å²) in [6.07, 6.45) is 4.08. The van der Waals surface area contributed by atoms with E-state index >= 15 is 0 Å². The summed E-state index contributed by atoms with van der Waals surface area (Å²) in [5.74, 6) is 0.341. The maximum absolute atomic E-state index is 12.6. The van der Waals surface area contributed by atoms with Crippen molar-refractivity contribution in [2.75, 3.05) is 6.54 Å². The first kappa shape index (κ1) is 15.5. The maximum atomic E-state index is 12.6. The zero-order chi connectivity index (χ0) is 15.6. The molecule has 2 aromatic carbocycles. The number of hydrogen-bond donors (Lipinski definition) is 2. The van der Waals surface area contributed by atoms with Crippen LogP contribution in [0.15, 0.2) is 47.4 Å². The highest BCUT2D eigenvalue weighted by Crippen LogP contribution is 2.25. The molecule has 2 atom stereocenters. The summed E-state index contributed by atoms with van der Waals surface area (Å²) in [5, 5.41) is 1.70. The molecule has 1 saturated carbocycles. The van der Waals surface area contributed by atoms with Crippen LogP contribution in [0, 0.1) is 5.92 Å². The van der Waals surface area contributed by atoms with Crippen molar-refractivity contribution >= 4 is 20.8 Å². The van der Waals surface area contributed by atoms with Crippen LogP contribution in [0.25, 0.3) is 10.8 Å². The first-order valence-electron chi connectivity index (χ1n) is 7.79. The lowest BCUT2D eigenvalue weighted by Gasteiger charge is -2.26. The first-order valence-corrected chi connectivity index (χ1v) is 9.27. The molecule has 0 bridgehead atoms. The van der Waals surface area contributed by atoms with Gasteiger partial charge in [-0.15, -0.1) is 0 Å². The van der Waals surface area contributed by atoms with Crippen LogP contribution >= 0.6 is 0 Å². The second kappa shape index (κ2) is 6.36. The summed E-state index contributed by atoms with van der Waals surface area (Å²) in [4.78, 5) is 0.353. The second-order valence-electron chi connectivity index (χ2n) is 6.12. The van der Waals surface area contributed by atoms with Gasteiger partial charge in [0.1, 0.15) is 0 Å². The fraction of sp³-hybridized carbons (Fsp3) is 0.412. The average molecular weight is 318 g/mol. The molecule has 0 saturated heterocycles. The van der Waals surface area contributed by atoms with Crippen LogP contribution in [0.3, 0.4) is 0 Å². The van der Waals surface area contributed by atoms with Crippen molar-refractivity contribution in [3.63, 3.8) is 0 Å². The van der Waals surface area contributed by atoms with Crippen LogP contribution in [0.4, 0.5) is 0 Å². The van der Waals surface area contributed by atoms with Crippen molar-refractivity contribution in [3.05, 3.63) is 42.5 Å². The summed E-state index contributed by atoms with van der Waals surface area (Å²) in [6, 6.07) is 13.1. The van der Waals surface area contributed by atoms with Crippen LogP contribution < -0.4 is 10.5 Å². The zero-order valence-corrected chi connectivity index (χ0v) is 13.4. The monoisotopic (exact) mass is 318 g/mol. The van der Waals surface area contributed by atoms with Crippen molar-refractivity contribution in [3.8, 4) is 0 Å². The molecule has 4 nitrogen and oxygen atoms in total. The topological polar surface area (TPSA) is 72.2 Å². The zero-order valence-electron chi connectivity index (χ0n) is 12.5. The minimum atomic E-state index is -3.49. The lowest BCUT2D eigenvalue weighted by atomic mass is 9.86. The van der Waals surface area contributed by atoms with Crippen LogP contribution in [0.1, 0.15) is 25.7 Å². The van der Waals surface area contributed by atoms with Crippen LogP contribution in [-0.2, 0) is 10.0 Å². The highest BCUT2D eigenvalue weighted by Gasteiger charge is 2.22. The van der Waals surface area contributed by atoms with Gasteiger partial charge in [-0.1, -0.05) is 42.8 Å². The minimum Gasteiger partial charge on any atom is -0.328 e. The van der Waals surface area contributed by atoms with Gasteiger partial charge in [0.2, 0.25) is 10.0 Å². The fourth-order valence-electron chi connectivity index (χ4n) is 3.25. The van der Waals surface area contributed by atoms with E-state index in [9.17, 15) is 8.42 Å². The number of fused-ring (bicyclic) bond motifs is 1. The molecule has 3 N–H and O–H groups in total. The van der Waals surface area contributed by atoms with Gasteiger partial charge in [0.05, 0.1) is 4.90 Å². The SMILES string of the molecule is NC1CCCC(CNS(=O)(=O)c2cccc3ccccc23)C1. The van der Waals surface area contributed by atoms with E-state index in [1.165, 1.54) is 0 Å². The molecule has 2 unspecified atom stereocenters. The van der Waals surface area contributed by atoms with Gasteiger partial charge in [-0.2, -0.15) is 0 Å². The molecule has 0 heterocycles. The van der Waals surface area contributed by atoms with Crippen molar-refractivity contribution in [1.29, 1.82) is 0 Å². The summed E-state index contributed by atoms with van der Waals surface area (Å²) in [7, 11) is -3.49. The van der Waals surface area contributed by atoms with Gasteiger partial charge in [0.15, 0.2) is 0 Å². The minimum absolute atomic E-state index is 0.209. The summed E-state index contributed by atoms with van der Waals surface area (Å²) >= 11 is 0. The predicted molar refractivity (Wildman–Crippen MR) is 89.1 cm³/mol. The molecule has 22 heavy (non-hydrogen) atoms. The van der Waals surface area contributed by atoms with Gasteiger partial charge in [-0.05, 0) is 36.6 Å². The Bertz CT molecular complexity index is 753. The Morgan fingerprint density at radius 2 is 1.86 bits per heavy atom. The maximum Gasteiger partial charge on any atom is 0.241 e. The molecule has 2 aromatic rings. The lowest BCUT2D eigenvalue weighted by molar-refractivity contribution is 0.322. The molecule has 3 rings (SSSR count). The van der Waals surface area contributed by atoms with Gasteiger partial charge < -0.3 is 5.73 Å². The van der Waals surface area contributed by atoms with Crippen LogP contribution in [0.2, 0.25) is 0 Å². The Labute approximate surface area is 131 Å². The molecule has 0 spiro atoms. The van der Waals surface area contributed by atoms with E-state index in [1.54, 1.807) is 12.1 Å². The molecule has 0 radical (unpaired) electrons. The molecule has 1 fully saturated rings. The molecule has 0 amide bonds. The molecular weight excluding hydrogens is 296 g/mol. The Morgan fingerprint density at radius 3 is 2.68 bits per heavy atom. The van der Waals surface area contributed by atoms with Gasteiger partial charge in [0, 0.05) is 18.0 Å². The van der Waals surface area contributed by atoms with E-state index in [2.05, 4.69) is 4.72 Å².